The maximum Gasteiger partial charge on any atom is 0.360 e. The summed E-state index contributed by atoms with van der Waals surface area (Å²) in [4.78, 5) is 15.0. The molecule has 1 aliphatic heterocycles. The van der Waals surface area contributed by atoms with Gasteiger partial charge in [-0.1, -0.05) is 9.68 Å². The van der Waals surface area contributed by atoms with Gasteiger partial charge in [-0.05, 0) is 11.9 Å². The van der Waals surface area contributed by atoms with Gasteiger partial charge < -0.3 is 9.94 Å². The molecule has 0 bridgehead atoms. The van der Waals surface area contributed by atoms with Crippen LogP contribution in [0, 0.1) is 0 Å². The molecule has 7 nitrogen and oxygen atoms in total. The van der Waals surface area contributed by atoms with E-state index in [2.05, 4.69) is 15.4 Å². The Balaban J connectivity index is 2.78. The Morgan fingerprint density at radius 3 is 3.00 bits per heavy atom. The van der Waals surface area contributed by atoms with E-state index in [-0.39, 0.29) is 5.71 Å². The van der Waals surface area contributed by atoms with Crippen LogP contribution in [0.15, 0.2) is 16.3 Å². The van der Waals surface area contributed by atoms with E-state index in [4.69, 9.17) is 10.9 Å². The molecular formula is C5H8N4O3S. The monoisotopic (exact) mass is 204 g/mol. The summed E-state index contributed by atoms with van der Waals surface area (Å²) in [6.07, 6.45) is 0. The average molecular weight is 204 g/mol. The number of nitrogens with zero attached hydrogens (tertiary/aromatic N) is 2. The van der Waals surface area contributed by atoms with Crippen molar-refractivity contribution < 1.29 is 14.7 Å². The molecule has 0 saturated heterocycles. The number of carboxylic acids is 1. The average Bonchev–Trinajstić information content (AvgIpc) is 2.46. The van der Waals surface area contributed by atoms with Crippen molar-refractivity contribution in [3.8, 4) is 0 Å². The Morgan fingerprint density at radius 2 is 2.62 bits per heavy atom. The van der Waals surface area contributed by atoms with Crippen molar-refractivity contribution in [2.24, 2.45) is 11.0 Å². The molecular weight excluding hydrogens is 196 g/mol. The van der Waals surface area contributed by atoms with Crippen LogP contribution in [0.2, 0.25) is 0 Å². The third-order valence-corrected chi connectivity index (χ3v) is 1.81. The Morgan fingerprint density at radius 1 is 1.92 bits per heavy atom. The number of oxime groups is 1. The smallest absolute Gasteiger partial charge is 0.360 e. The number of hydrogen-bond donors (Lipinski definition) is 3. The lowest BCUT2D eigenvalue weighted by molar-refractivity contribution is -0.129. The maximum atomic E-state index is 10.6. The van der Waals surface area contributed by atoms with Crippen LogP contribution in [0.4, 0.5) is 0 Å². The second-order valence-corrected chi connectivity index (χ2v) is 2.84. The first-order valence-corrected chi connectivity index (χ1v) is 4.02. The molecule has 0 spiro atoms. The molecule has 0 radical (unpaired) electrons. The first kappa shape index (κ1) is 9.84. The normalized spacial score (nSPS) is 18.0. The van der Waals surface area contributed by atoms with Crippen molar-refractivity contribution in [3.63, 3.8) is 0 Å². The number of rotatable bonds is 3. The number of aliphatic carboxylic acids is 1. The lowest BCUT2D eigenvalue weighted by atomic mass is 10.3. The van der Waals surface area contributed by atoms with Gasteiger partial charge in [0.05, 0.1) is 5.70 Å². The molecule has 0 atom stereocenters. The van der Waals surface area contributed by atoms with Crippen molar-refractivity contribution >= 4 is 23.6 Å². The second-order valence-electron chi connectivity index (χ2n) is 2.00. The number of hydrazine groups is 2. The standard InChI is InChI=1S/C5H8N4O3S/c1-12-8-4(5(10)11)3-2-13-9(6)7-3/h2,7H,6H2,1H3,(H,10,11). The molecule has 1 rings (SSSR count). The number of nitrogens with one attached hydrogen (secondary N) is 1. The molecule has 0 amide bonds. The number of carbonyl (C=O) groups is 1. The topological polar surface area (TPSA) is 100 Å². The van der Waals surface area contributed by atoms with Gasteiger partial charge in [-0.2, -0.15) is 0 Å². The van der Waals surface area contributed by atoms with Crippen LogP contribution in [0.5, 0.6) is 0 Å². The van der Waals surface area contributed by atoms with Crippen LogP contribution in [-0.2, 0) is 9.63 Å². The van der Waals surface area contributed by atoms with E-state index >= 15 is 0 Å². The summed E-state index contributed by atoms with van der Waals surface area (Å²) in [5.74, 6) is 4.12. The summed E-state index contributed by atoms with van der Waals surface area (Å²) < 4.78 is 1.16. The third kappa shape index (κ3) is 2.34. The zero-order valence-electron chi connectivity index (χ0n) is 6.72. The minimum absolute atomic E-state index is 0.219. The minimum Gasteiger partial charge on any atom is -0.476 e. The fourth-order valence-electron chi connectivity index (χ4n) is 0.684. The van der Waals surface area contributed by atoms with Crippen molar-refractivity contribution in [2.45, 2.75) is 0 Å². The SMILES string of the molecule is CON=C(C(=O)O)C1=CSN(N)N1. The van der Waals surface area contributed by atoms with Crippen molar-refractivity contribution in [3.05, 3.63) is 11.1 Å². The number of hydrogen-bond acceptors (Lipinski definition) is 7. The van der Waals surface area contributed by atoms with Gasteiger partial charge >= 0.3 is 5.97 Å². The van der Waals surface area contributed by atoms with E-state index in [0.29, 0.717) is 5.70 Å². The van der Waals surface area contributed by atoms with Gasteiger partial charge in [-0.25, -0.2) is 10.6 Å². The van der Waals surface area contributed by atoms with Gasteiger partial charge in [-0.15, -0.1) is 0 Å². The van der Waals surface area contributed by atoms with E-state index in [9.17, 15) is 4.79 Å². The lowest BCUT2D eigenvalue weighted by Gasteiger charge is -2.08. The zero-order valence-corrected chi connectivity index (χ0v) is 7.54. The maximum absolute atomic E-state index is 10.6. The highest BCUT2D eigenvalue weighted by molar-refractivity contribution is 8.00. The van der Waals surface area contributed by atoms with E-state index < -0.39 is 5.97 Å². The van der Waals surface area contributed by atoms with Gasteiger partial charge in [0.25, 0.3) is 0 Å². The molecule has 0 aromatic rings. The predicted octanol–water partition coefficient (Wildman–Crippen LogP) is -0.743. The highest BCUT2D eigenvalue weighted by Crippen LogP contribution is 2.16. The first-order valence-electron chi connectivity index (χ1n) is 3.18. The molecule has 8 heteroatoms. The summed E-state index contributed by atoms with van der Waals surface area (Å²) >= 11 is 1.12. The summed E-state index contributed by atoms with van der Waals surface area (Å²) in [6, 6.07) is 0. The molecule has 0 saturated carbocycles. The number of carboxylic acid groups (broad SMARTS) is 1. The van der Waals surface area contributed by atoms with E-state index in [0.717, 1.165) is 16.5 Å². The van der Waals surface area contributed by atoms with Crippen molar-refractivity contribution in [1.82, 2.24) is 9.95 Å². The van der Waals surface area contributed by atoms with Gasteiger partial charge in [-0.3, -0.25) is 5.43 Å². The predicted molar refractivity (Wildman–Crippen MR) is 46.9 cm³/mol. The Bertz CT molecular complexity index is 277. The highest BCUT2D eigenvalue weighted by Gasteiger charge is 2.22. The summed E-state index contributed by atoms with van der Waals surface area (Å²) in [5, 5.41) is 13.5. The van der Waals surface area contributed by atoms with Gasteiger partial charge in [0.1, 0.15) is 7.11 Å². The molecule has 1 aliphatic rings. The fourth-order valence-corrected chi connectivity index (χ4v) is 1.22. The van der Waals surface area contributed by atoms with E-state index in [1.165, 1.54) is 12.5 Å². The minimum atomic E-state index is -1.18. The van der Waals surface area contributed by atoms with Gasteiger partial charge in [0, 0.05) is 5.41 Å². The molecule has 1 heterocycles. The van der Waals surface area contributed by atoms with Crippen LogP contribution in [0.1, 0.15) is 0 Å². The Kier molecular flexibility index (Phi) is 3.12. The summed E-state index contributed by atoms with van der Waals surface area (Å²) in [5.41, 5.74) is 2.64. The Labute approximate surface area is 78.3 Å². The molecule has 0 aromatic heterocycles. The molecule has 0 aliphatic carbocycles. The summed E-state index contributed by atoms with van der Waals surface area (Å²) in [6.45, 7) is 0. The Hall–Kier alpha value is -1.25. The van der Waals surface area contributed by atoms with Crippen LogP contribution in [0.3, 0.4) is 0 Å². The van der Waals surface area contributed by atoms with Crippen molar-refractivity contribution in [2.75, 3.05) is 7.11 Å². The highest BCUT2D eigenvalue weighted by atomic mass is 32.2. The first-order chi connectivity index (χ1) is 6.15. The number of nitrogens with two attached hydrogens (primary N) is 1. The zero-order chi connectivity index (χ0) is 9.84. The lowest BCUT2D eigenvalue weighted by Crippen LogP contribution is -2.36. The van der Waals surface area contributed by atoms with E-state index in [1.807, 2.05) is 0 Å². The van der Waals surface area contributed by atoms with Crippen LogP contribution in [-0.4, -0.2) is 28.4 Å². The molecule has 4 N–H and O–H groups in total. The van der Waals surface area contributed by atoms with Gasteiger partial charge in [0.15, 0.2) is 0 Å². The largest absolute Gasteiger partial charge is 0.476 e. The molecule has 0 aromatic carbocycles. The van der Waals surface area contributed by atoms with Crippen LogP contribution in [0.25, 0.3) is 0 Å². The molecule has 0 fully saturated rings. The van der Waals surface area contributed by atoms with Crippen LogP contribution >= 0.6 is 11.9 Å². The van der Waals surface area contributed by atoms with Crippen LogP contribution < -0.4 is 11.3 Å². The third-order valence-electron chi connectivity index (χ3n) is 1.16. The quantitative estimate of drug-likeness (QED) is 0.241. The molecule has 72 valence electrons. The van der Waals surface area contributed by atoms with Crippen molar-refractivity contribution in [1.29, 1.82) is 0 Å². The summed E-state index contributed by atoms with van der Waals surface area (Å²) in [7, 11) is 1.27. The van der Waals surface area contributed by atoms with Gasteiger partial charge in [0.2, 0.25) is 5.71 Å². The fraction of sp³-hybridized carbons (Fsp3) is 0.200. The van der Waals surface area contributed by atoms with E-state index in [1.54, 1.807) is 0 Å². The second kappa shape index (κ2) is 4.12. The molecule has 0 unspecified atom stereocenters. The molecule has 13 heavy (non-hydrogen) atoms.